The number of thioether (sulfide) groups is 1. The van der Waals surface area contributed by atoms with Gasteiger partial charge in [-0.05, 0) is 26.7 Å². The Kier molecular flexibility index (Phi) is 3.47. The van der Waals surface area contributed by atoms with E-state index in [-0.39, 0.29) is 21.8 Å². The fourth-order valence-corrected chi connectivity index (χ4v) is 5.59. The van der Waals surface area contributed by atoms with E-state index in [4.69, 9.17) is 4.74 Å². The second kappa shape index (κ2) is 4.47. The van der Waals surface area contributed by atoms with Crippen LogP contribution in [0.1, 0.15) is 52.9 Å². The molecule has 1 saturated carbocycles. The number of carbonyl (C=O) groups is 1. The first-order valence-electron chi connectivity index (χ1n) is 6.46. The van der Waals surface area contributed by atoms with Gasteiger partial charge < -0.3 is 9.64 Å². The van der Waals surface area contributed by atoms with Gasteiger partial charge in [0.15, 0.2) is 0 Å². The van der Waals surface area contributed by atoms with Gasteiger partial charge in [0, 0.05) is 14.0 Å². The number of hydrogen-bond donors (Lipinski definition) is 0. The standard InChI is InChI=1S/C13H23NO2S/c1-10(15)14-11(16-4)13(17-12(14,2)3)8-6-5-7-9-13/h11H,5-9H2,1-4H3. The normalized spacial score (nSPS) is 30.8. The molecular weight excluding hydrogens is 234 g/mol. The van der Waals surface area contributed by atoms with E-state index in [1.165, 1.54) is 32.1 Å². The van der Waals surface area contributed by atoms with E-state index in [1.807, 2.05) is 16.7 Å². The second-order valence-electron chi connectivity index (χ2n) is 5.65. The van der Waals surface area contributed by atoms with Gasteiger partial charge in [-0.15, -0.1) is 11.8 Å². The molecular formula is C13H23NO2S. The average Bonchev–Trinajstić information content (AvgIpc) is 2.46. The van der Waals surface area contributed by atoms with Crippen LogP contribution in [0.4, 0.5) is 0 Å². The zero-order chi connectivity index (χ0) is 12.7. The Hall–Kier alpha value is -0.220. The van der Waals surface area contributed by atoms with Crippen molar-refractivity contribution in [3.05, 3.63) is 0 Å². The van der Waals surface area contributed by atoms with Crippen LogP contribution in [0.5, 0.6) is 0 Å². The minimum absolute atomic E-state index is 0.0553. The SMILES string of the molecule is COC1N(C(C)=O)C(C)(C)SC12CCCCC2. The lowest BCUT2D eigenvalue weighted by molar-refractivity contribution is -0.148. The summed E-state index contributed by atoms with van der Waals surface area (Å²) in [5.41, 5.74) is 0. The molecule has 1 amide bonds. The second-order valence-corrected chi connectivity index (χ2v) is 7.67. The molecule has 0 bridgehead atoms. The van der Waals surface area contributed by atoms with Crippen molar-refractivity contribution in [2.45, 2.75) is 68.7 Å². The van der Waals surface area contributed by atoms with Crippen LogP contribution in [0.3, 0.4) is 0 Å². The van der Waals surface area contributed by atoms with Crippen LogP contribution in [0.25, 0.3) is 0 Å². The van der Waals surface area contributed by atoms with Crippen LogP contribution in [-0.4, -0.2) is 33.8 Å². The van der Waals surface area contributed by atoms with Gasteiger partial charge in [-0.25, -0.2) is 0 Å². The van der Waals surface area contributed by atoms with Crippen molar-refractivity contribution in [3.63, 3.8) is 0 Å². The molecule has 0 N–H and O–H groups in total. The van der Waals surface area contributed by atoms with Crippen LogP contribution in [-0.2, 0) is 9.53 Å². The maximum atomic E-state index is 11.9. The lowest BCUT2D eigenvalue weighted by Gasteiger charge is -2.38. The summed E-state index contributed by atoms with van der Waals surface area (Å²) < 4.78 is 5.83. The van der Waals surface area contributed by atoms with Crippen molar-refractivity contribution >= 4 is 17.7 Å². The summed E-state index contributed by atoms with van der Waals surface area (Å²) in [6, 6.07) is 0. The highest BCUT2D eigenvalue weighted by atomic mass is 32.2. The summed E-state index contributed by atoms with van der Waals surface area (Å²) in [6.07, 6.45) is 6.12. The number of hydrogen-bond acceptors (Lipinski definition) is 3. The molecule has 4 heteroatoms. The summed E-state index contributed by atoms with van der Waals surface area (Å²) in [5, 5.41) is 0. The minimum Gasteiger partial charge on any atom is -0.360 e. The van der Waals surface area contributed by atoms with E-state index in [1.54, 1.807) is 14.0 Å². The number of nitrogens with zero attached hydrogens (tertiary/aromatic N) is 1. The van der Waals surface area contributed by atoms with Crippen molar-refractivity contribution < 1.29 is 9.53 Å². The van der Waals surface area contributed by atoms with Crippen LogP contribution in [0, 0.1) is 0 Å². The van der Waals surface area contributed by atoms with Gasteiger partial charge in [-0.1, -0.05) is 19.3 Å². The Morgan fingerprint density at radius 3 is 2.35 bits per heavy atom. The van der Waals surface area contributed by atoms with Crippen LogP contribution >= 0.6 is 11.8 Å². The number of carbonyl (C=O) groups excluding carboxylic acids is 1. The largest absolute Gasteiger partial charge is 0.360 e. The Morgan fingerprint density at radius 1 is 1.29 bits per heavy atom. The van der Waals surface area contributed by atoms with Crippen molar-refractivity contribution in [2.24, 2.45) is 0 Å². The van der Waals surface area contributed by atoms with E-state index >= 15 is 0 Å². The predicted molar refractivity (Wildman–Crippen MR) is 70.8 cm³/mol. The van der Waals surface area contributed by atoms with Gasteiger partial charge in [-0.2, -0.15) is 0 Å². The molecule has 98 valence electrons. The van der Waals surface area contributed by atoms with E-state index < -0.39 is 0 Å². The molecule has 1 spiro atoms. The summed E-state index contributed by atoms with van der Waals surface area (Å²) in [5.74, 6) is 0.122. The molecule has 1 aliphatic heterocycles. The molecule has 2 fully saturated rings. The first-order chi connectivity index (χ1) is 7.93. The number of amides is 1. The fourth-order valence-electron chi connectivity index (χ4n) is 3.48. The van der Waals surface area contributed by atoms with Crippen molar-refractivity contribution in [1.29, 1.82) is 0 Å². The molecule has 0 aromatic rings. The van der Waals surface area contributed by atoms with E-state index in [0.29, 0.717) is 0 Å². The highest BCUT2D eigenvalue weighted by Crippen LogP contribution is 2.57. The Bertz CT molecular complexity index is 311. The number of rotatable bonds is 1. The maximum absolute atomic E-state index is 11.9. The maximum Gasteiger partial charge on any atom is 0.222 e. The molecule has 0 aromatic carbocycles. The van der Waals surface area contributed by atoms with Gasteiger partial charge in [0.05, 0.1) is 9.62 Å². The minimum atomic E-state index is -0.149. The summed E-state index contributed by atoms with van der Waals surface area (Å²) in [6.45, 7) is 5.92. The van der Waals surface area contributed by atoms with E-state index in [2.05, 4.69) is 13.8 Å². The summed E-state index contributed by atoms with van der Waals surface area (Å²) in [7, 11) is 1.74. The zero-order valence-corrected chi connectivity index (χ0v) is 12.1. The first-order valence-corrected chi connectivity index (χ1v) is 7.27. The van der Waals surface area contributed by atoms with Gasteiger partial charge >= 0.3 is 0 Å². The molecule has 1 atom stereocenters. The molecule has 1 saturated heterocycles. The third-order valence-electron chi connectivity index (χ3n) is 3.98. The van der Waals surface area contributed by atoms with Crippen molar-refractivity contribution in [2.75, 3.05) is 7.11 Å². The number of methoxy groups -OCH3 is 1. The van der Waals surface area contributed by atoms with E-state index in [9.17, 15) is 4.79 Å². The Balaban J connectivity index is 2.33. The quantitative estimate of drug-likeness (QED) is 0.723. The molecule has 17 heavy (non-hydrogen) atoms. The Labute approximate surface area is 108 Å². The molecule has 0 aromatic heterocycles. The van der Waals surface area contributed by atoms with Gasteiger partial charge in [0.2, 0.25) is 5.91 Å². The molecule has 3 nitrogen and oxygen atoms in total. The highest BCUT2D eigenvalue weighted by molar-refractivity contribution is 8.02. The number of ether oxygens (including phenoxy) is 1. The fraction of sp³-hybridized carbons (Fsp3) is 0.923. The third-order valence-corrected chi connectivity index (χ3v) is 5.69. The smallest absolute Gasteiger partial charge is 0.222 e. The van der Waals surface area contributed by atoms with Gasteiger partial charge in [0.1, 0.15) is 6.23 Å². The van der Waals surface area contributed by atoms with Crippen molar-refractivity contribution in [1.82, 2.24) is 4.90 Å². The van der Waals surface area contributed by atoms with Gasteiger partial charge in [-0.3, -0.25) is 4.79 Å². The van der Waals surface area contributed by atoms with Gasteiger partial charge in [0.25, 0.3) is 0 Å². The lowest BCUT2D eigenvalue weighted by atomic mass is 9.86. The van der Waals surface area contributed by atoms with Crippen LogP contribution in [0.15, 0.2) is 0 Å². The van der Waals surface area contributed by atoms with Crippen molar-refractivity contribution in [3.8, 4) is 0 Å². The molecule has 2 aliphatic rings. The average molecular weight is 257 g/mol. The summed E-state index contributed by atoms with van der Waals surface area (Å²) >= 11 is 1.94. The van der Waals surface area contributed by atoms with Crippen LogP contribution in [0.2, 0.25) is 0 Å². The topological polar surface area (TPSA) is 29.5 Å². The first kappa shape index (κ1) is 13.2. The third kappa shape index (κ3) is 2.10. The highest BCUT2D eigenvalue weighted by Gasteiger charge is 2.57. The molecule has 1 aliphatic carbocycles. The summed E-state index contributed by atoms with van der Waals surface area (Å²) in [4.78, 5) is 13.7. The lowest BCUT2D eigenvalue weighted by Crippen LogP contribution is -2.51. The molecule has 1 unspecified atom stereocenters. The molecule has 1 heterocycles. The molecule has 2 rings (SSSR count). The van der Waals surface area contributed by atoms with E-state index in [0.717, 1.165) is 0 Å². The van der Waals surface area contributed by atoms with Crippen LogP contribution < -0.4 is 0 Å². The Morgan fingerprint density at radius 2 is 1.88 bits per heavy atom. The monoisotopic (exact) mass is 257 g/mol. The zero-order valence-electron chi connectivity index (χ0n) is 11.3. The molecule has 0 radical (unpaired) electrons. The predicted octanol–water partition coefficient (Wildman–Crippen LogP) is 2.99.